The van der Waals surface area contributed by atoms with Gasteiger partial charge in [0.15, 0.2) is 0 Å². The summed E-state index contributed by atoms with van der Waals surface area (Å²) in [5.74, 6) is 1.04. The van der Waals surface area contributed by atoms with Crippen LogP contribution in [0.15, 0.2) is 0 Å². The lowest BCUT2D eigenvalue weighted by Crippen LogP contribution is -2.50. The van der Waals surface area contributed by atoms with Gasteiger partial charge in [-0.05, 0) is 25.7 Å². The summed E-state index contributed by atoms with van der Waals surface area (Å²) in [6.45, 7) is 7.37. The van der Waals surface area contributed by atoms with Crippen LogP contribution in [0.1, 0.15) is 26.2 Å². The average Bonchev–Trinajstić information content (AvgIpc) is 1.97. The number of nitrogens with one attached hydrogen (secondary N) is 1. The number of piperazine rings is 1. The Kier molecular flexibility index (Phi) is 2.66. The maximum atomic E-state index is 3.48. The zero-order valence-electron chi connectivity index (χ0n) is 8.05. The van der Waals surface area contributed by atoms with Crippen molar-refractivity contribution in [3.63, 3.8) is 0 Å². The lowest BCUT2D eigenvalue weighted by atomic mass is 9.85. The fourth-order valence-corrected chi connectivity index (χ4v) is 2.22. The van der Waals surface area contributed by atoms with Crippen LogP contribution in [0.3, 0.4) is 0 Å². The van der Waals surface area contributed by atoms with Crippen molar-refractivity contribution < 1.29 is 0 Å². The standard InChI is InChI=1S/C10H20N2/c1-9-7-12(6-5-11-9)8-10-3-2-4-10/h9-11H,2-8H2,1H3/t9-/m0/s1. The molecule has 0 aromatic carbocycles. The van der Waals surface area contributed by atoms with Gasteiger partial charge in [0.05, 0.1) is 0 Å². The highest BCUT2D eigenvalue weighted by atomic mass is 15.2. The van der Waals surface area contributed by atoms with Crippen molar-refractivity contribution in [2.75, 3.05) is 26.2 Å². The van der Waals surface area contributed by atoms with Crippen LogP contribution < -0.4 is 5.32 Å². The summed E-state index contributed by atoms with van der Waals surface area (Å²) in [5.41, 5.74) is 0. The first kappa shape index (κ1) is 8.52. The van der Waals surface area contributed by atoms with E-state index in [1.807, 2.05) is 0 Å². The Morgan fingerprint density at radius 3 is 2.83 bits per heavy atom. The van der Waals surface area contributed by atoms with Crippen molar-refractivity contribution in [1.29, 1.82) is 0 Å². The minimum absolute atomic E-state index is 0.707. The first-order valence-corrected chi connectivity index (χ1v) is 5.30. The second-order valence-corrected chi connectivity index (χ2v) is 4.41. The molecule has 2 rings (SSSR count). The Hall–Kier alpha value is -0.0800. The molecule has 1 atom stereocenters. The molecule has 2 aliphatic rings. The third-order valence-corrected chi connectivity index (χ3v) is 3.19. The monoisotopic (exact) mass is 168 g/mol. The molecule has 1 saturated carbocycles. The molecule has 1 heterocycles. The van der Waals surface area contributed by atoms with Crippen molar-refractivity contribution in [2.45, 2.75) is 32.2 Å². The summed E-state index contributed by atoms with van der Waals surface area (Å²) in [7, 11) is 0. The van der Waals surface area contributed by atoms with Gasteiger partial charge in [-0.3, -0.25) is 0 Å². The predicted molar refractivity (Wildman–Crippen MR) is 51.2 cm³/mol. The second kappa shape index (κ2) is 3.75. The molecule has 0 unspecified atom stereocenters. The van der Waals surface area contributed by atoms with Crippen LogP contribution in [0, 0.1) is 5.92 Å². The van der Waals surface area contributed by atoms with E-state index in [-0.39, 0.29) is 0 Å². The van der Waals surface area contributed by atoms with E-state index in [0.717, 1.165) is 5.92 Å². The summed E-state index contributed by atoms with van der Waals surface area (Å²) in [6, 6.07) is 0.707. The highest BCUT2D eigenvalue weighted by Crippen LogP contribution is 2.27. The van der Waals surface area contributed by atoms with Gasteiger partial charge in [-0.15, -0.1) is 0 Å². The fraction of sp³-hybridized carbons (Fsp3) is 1.00. The van der Waals surface area contributed by atoms with E-state index in [2.05, 4.69) is 17.1 Å². The third-order valence-electron chi connectivity index (χ3n) is 3.19. The molecule has 1 N–H and O–H groups in total. The Bertz CT molecular complexity index is 143. The van der Waals surface area contributed by atoms with E-state index in [4.69, 9.17) is 0 Å². The molecular formula is C10H20N2. The number of nitrogens with zero attached hydrogens (tertiary/aromatic N) is 1. The number of hydrogen-bond acceptors (Lipinski definition) is 2. The highest BCUT2D eigenvalue weighted by Gasteiger charge is 2.23. The molecular weight excluding hydrogens is 148 g/mol. The molecule has 0 amide bonds. The minimum atomic E-state index is 0.707. The normalized spacial score (nSPS) is 33.2. The molecule has 70 valence electrons. The van der Waals surface area contributed by atoms with Gasteiger partial charge in [-0.2, -0.15) is 0 Å². The Morgan fingerprint density at radius 2 is 2.25 bits per heavy atom. The van der Waals surface area contributed by atoms with E-state index in [1.54, 1.807) is 0 Å². The maximum Gasteiger partial charge on any atom is 0.0167 e. The molecule has 0 aromatic rings. The fourth-order valence-electron chi connectivity index (χ4n) is 2.22. The van der Waals surface area contributed by atoms with Gasteiger partial charge >= 0.3 is 0 Å². The Labute approximate surface area is 75.3 Å². The first-order valence-electron chi connectivity index (χ1n) is 5.30. The van der Waals surface area contributed by atoms with E-state index < -0.39 is 0 Å². The predicted octanol–water partition coefficient (Wildman–Crippen LogP) is 1.08. The van der Waals surface area contributed by atoms with Crippen LogP contribution >= 0.6 is 0 Å². The third kappa shape index (κ3) is 1.99. The average molecular weight is 168 g/mol. The topological polar surface area (TPSA) is 15.3 Å². The summed E-state index contributed by atoms with van der Waals surface area (Å²) in [5, 5.41) is 3.48. The highest BCUT2D eigenvalue weighted by molar-refractivity contribution is 4.79. The number of rotatable bonds is 2. The molecule has 2 fully saturated rings. The van der Waals surface area contributed by atoms with Crippen LogP contribution in [-0.2, 0) is 0 Å². The van der Waals surface area contributed by atoms with Crippen molar-refractivity contribution in [3.05, 3.63) is 0 Å². The summed E-state index contributed by atoms with van der Waals surface area (Å²) in [6.07, 6.45) is 4.45. The maximum absolute atomic E-state index is 3.48. The summed E-state index contributed by atoms with van der Waals surface area (Å²) < 4.78 is 0. The zero-order valence-corrected chi connectivity index (χ0v) is 8.05. The zero-order chi connectivity index (χ0) is 8.39. The van der Waals surface area contributed by atoms with Crippen LogP contribution in [0.4, 0.5) is 0 Å². The smallest absolute Gasteiger partial charge is 0.0167 e. The van der Waals surface area contributed by atoms with Crippen LogP contribution in [0.5, 0.6) is 0 Å². The lowest BCUT2D eigenvalue weighted by molar-refractivity contribution is 0.144. The number of hydrogen-bond donors (Lipinski definition) is 1. The molecule has 2 heteroatoms. The van der Waals surface area contributed by atoms with Crippen molar-refractivity contribution in [1.82, 2.24) is 10.2 Å². The SMILES string of the molecule is C[C@H]1CN(CC2CCC2)CCN1. The molecule has 1 aliphatic heterocycles. The Morgan fingerprint density at radius 1 is 1.42 bits per heavy atom. The van der Waals surface area contributed by atoms with Gasteiger partial charge in [0.1, 0.15) is 0 Å². The van der Waals surface area contributed by atoms with Gasteiger partial charge in [0, 0.05) is 32.2 Å². The Balaban J connectivity index is 1.71. The molecule has 1 saturated heterocycles. The van der Waals surface area contributed by atoms with Crippen molar-refractivity contribution in [3.8, 4) is 0 Å². The summed E-state index contributed by atoms with van der Waals surface area (Å²) in [4.78, 5) is 2.63. The van der Waals surface area contributed by atoms with Gasteiger partial charge in [0.25, 0.3) is 0 Å². The van der Waals surface area contributed by atoms with Crippen LogP contribution in [-0.4, -0.2) is 37.1 Å². The minimum Gasteiger partial charge on any atom is -0.312 e. The van der Waals surface area contributed by atoms with Crippen molar-refractivity contribution >= 4 is 0 Å². The molecule has 0 bridgehead atoms. The van der Waals surface area contributed by atoms with Crippen LogP contribution in [0.25, 0.3) is 0 Å². The first-order chi connectivity index (χ1) is 5.84. The van der Waals surface area contributed by atoms with Gasteiger partial charge in [0.2, 0.25) is 0 Å². The van der Waals surface area contributed by atoms with Gasteiger partial charge in [-0.25, -0.2) is 0 Å². The van der Waals surface area contributed by atoms with E-state index in [1.165, 1.54) is 45.4 Å². The van der Waals surface area contributed by atoms with E-state index >= 15 is 0 Å². The second-order valence-electron chi connectivity index (χ2n) is 4.41. The van der Waals surface area contributed by atoms with E-state index in [0.29, 0.717) is 6.04 Å². The molecule has 2 nitrogen and oxygen atoms in total. The lowest BCUT2D eigenvalue weighted by Gasteiger charge is -2.37. The quantitative estimate of drug-likeness (QED) is 0.664. The van der Waals surface area contributed by atoms with Crippen molar-refractivity contribution in [2.24, 2.45) is 5.92 Å². The van der Waals surface area contributed by atoms with Crippen LogP contribution in [0.2, 0.25) is 0 Å². The molecule has 0 radical (unpaired) electrons. The van der Waals surface area contributed by atoms with E-state index in [9.17, 15) is 0 Å². The molecule has 0 spiro atoms. The molecule has 1 aliphatic carbocycles. The largest absolute Gasteiger partial charge is 0.312 e. The molecule has 0 aromatic heterocycles. The molecule has 12 heavy (non-hydrogen) atoms. The van der Waals surface area contributed by atoms with Gasteiger partial charge < -0.3 is 10.2 Å². The summed E-state index contributed by atoms with van der Waals surface area (Å²) >= 11 is 0. The van der Waals surface area contributed by atoms with Gasteiger partial charge in [-0.1, -0.05) is 6.42 Å².